The van der Waals surface area contributed by atoms with Gasteiger partial charge in [0.25, 0.3) is 0 Å². The van der Waals surface area contributed by atoms with Crippen LogP contribution in [0.1, 0.15) is 6.92 Å². The molecule has 0 aliphatic carbocycles. The first-order chi connectivity index (χ1) is 8.95. The normalized spacial score (nSPS) is 19.4. The fourth-order valence-corrected chi connectivity index (χ4v) is 1.59. The van der Waals surface area contributed by atoms with E-state index in [1.165, 1.54) is 0 Å². The second kappa shape index (κ2) is 12.0. The molecule has 1 rings (SSSR count). The maximum absolute atomic E-state index is 10.7. The second-order valence-electron chi connectivity index (χ2n) is 4.04. The Morgan fingerprint density at radius 3 is 2.45 bits per heavy atom. The summed E-state index contributed by atoms with van der Waals surface area (Å²) in [6.07, 6.45) is 4.11. The van der Waals surface area contributed by atoms with Crippen LogP contribution in [0.2, 0.25) is 0 Å². The molecular formula is C12H20N2NaO5+. The van der Waals surface area contributed by atoms with Crippen LogP contribution in [0.5, 0.6) is 0 Å². The summed E-state index contributed by atoms with van der Waals surface area (Å²) in [5.74, 6) is -1.92. The van der Waals surface area contributed by atoms with Crippen LogP contribution < -0.4 is 29.6 Å². The topological polar surface area (TPSA) is 96.2 Å². The van der Waals surface area contributed by atoms with Gasteiger partial charge in [-0.15, -0.1) is 0 Å². The van der Waals surface area contributed by atoms with Crippen molar-refractivity contribution in [3.8, 4) is 0 Å². The van der Waals surface area contributed by atoms with Gasteiger partial charge in [0, 0.05) is 0 Å². The monoisotopic (exact) mass is 295 g/mol. The van der Waals surface area contributed by atoms with E-state index in [9.17, 15) is 9.59 Å². The molecule has 108 valence electrons. The van der Waals surface area contributed by atoms with Gasteiger partial charge in [-0.3, -0.25) is 11.1 Å². The van der Waals surface area contributed by atoms with Crippen molar-refractivity contribution in [3.63, 3.8) is 0 Å². The Bertz CT molecular complexity index is 349. The van der Waals surface area contributed by atoms with Gasteiger partial charge in [0.1, 0.15) is 19.7 Å². The van der Waals surface area contributed by atoms with Crippen molar-refractivity contribution in [1.82, 2.24) is 0 Å². The molecule has 0 spiro atoms. The average Bonchev–Trinajstić information content (AvgIpc) is 2.73. The molecule has 1 heterocycles. The van der Waals surface area contributed by atoms with E-state index in [0.29, 0.717) is 19.6 Å². The number of carboxylic acids is 2. The van der Waals surface area contributed by atoms with Gasteiger partial charge in [-0.05, 0) is 0 Å². The van der Waals surface area contributed by atoms with E-state index in [4.69, 9.17) is 14.9 Å². The molecule has 7 nitrogen and oxygen atoms in total. The van der Waals surface area contributed by atoms with Crippen molar-refractivity contribution in [2.45, 2.75) is 6.92 Å². The van der Waals surface area contributed by atoms with E-state index in [2.05, 4.69) is 17.6 Å². The SMILES string of the molecule is C=[C-]C.O=C(O)COCC[N+]1(CC(=O)O)C=NCC1.[Na+]. The summed E-state index contributed by atoms with van der Waals surface area (Å²) in [6, 6.07) is 0. The first-order valence-corrected chi connectivity index (χ1v) is 5.77. The first kappa shape index (κ1) is 21.6. The van der Waals surface area contributed by atoms with Gasteiger partial charge >= 0.3 is 41.5 Å². The molecule has 20 heavy (non-hydrogen) atoms. The molecule has 0 aromatic carbocycles. The third-order valence-corrected chi connectivity index (χ3v) is 2.36. The van der Waals surface area contributed by atoms with Gasteiger partial charge in [-0.2, -0.15) is 6.92 Å². The zero-order chi connectivity index (χ0) is 14.7. The quantitative estimate of drug-likeness (QED) is 0.226. The molecule has 2 N–H and O–H groups in total. The third kappa shape index (κ3) is 10.1. The van der Waals surface area contributed by atoms with Gasteiger partial charge in [0.05, 0.1) is 13.2 Å². The Hall–Kier alpha value is -0.730. The Kier molecular flexibility index (Phi) is 13.0. The smallest absolute Gasteiger partial charge is 0.507 e. The molecule has 0 aromatic rings. The number of aliphatic imine (C=N–C) groups is 1. The third-order valence-electron chi connectivity index (χ3n) is 2.36. The molecule has 1 aliphatic heterocycles. The summed E-state index contributed by atoms with van der Waals surface area (Å²) in [4.78, 5) is 24.9. The molecular weight excluding hydrogens is 275 g/mol. The Labute approximate surface area is 140 Å². The minimum atomic E-state index is -1.03. The van der Waals surface area contributed by atoms with E-state index >= 15 is 0 Å². The maximum atomic E-state index is 10.7. The van der Waals surface area contributed by atoms with Crippen molar-refractivity contribution < 1.29 is 58.6 Å². The number of aliphatic carboxylic acids is 2. The predicted octanol–water partition coefficient (Wildman–Crippen LogP) is -2.97. The van der Waals surface area contributed by atoms with Crippen LogP contribution in [-0.2, 0) is 14.3 Å². The Morgan fingerprint density at radius 2 is 2.05 bits per heavy atom. The summed E-state index contributed by atoms with van der Waals surface area (Å²) in [7, 11) is 0. The van der Waals surface area contributed by atoms with Crippen LogP contribution in [0.15, 0.2) is 11.6 Å². The number of hydrogen-bond donors (Lipinski definition) is 2. The summed E-state index contributed by atoms with van der Waals surface area (Å²) in [6.45, 7) is 6.48. The standard InChI is InChI=1S/C9H14N2O5.C3H5.Na/c12-8(13)5-11(2-1-10-7-11)3-4-16-6-9(14)15;1-3-2;/h7H,1-6H2,(H-,12,13,14,15);1H2,2H3;/q;-1;+1/p+1. The van der Waals surface area contributed by atoms with E-state index in [1.807, 2.05) is 0 Å². The molecule has 0 radical (unpaired) electrons. The van der Waals surface area contributed by atoms with Crippen molar-refractivity contribution in [2.24, 2.45) is 4.99 Å². The summed E-state index contributed by atoms with van der Waals surface area (Å²) in [5.41, 5.74) is 0. The number of allylic oxidation sites excluding steroid dienone is 1. The van der Waals surface area contributed by atoms with E-state index in [1.54, 1.807) is 13.3 Å². The van der Waals surface area contributed by atoms with Gasteiger partial charge < -0.3 is 21.0 Å². The van der Waals surface area contributed by atoms with Crippen molar-refractivity contribution in [3.05, 3.63) is 12.7 Å². The molecule has 0 fully saturated rings. The number of nitrogens with zero attached hydrogens (tertiary/aromatic N) is 2. The molecule has 0 saturated carbocycles. The summed E-state index contributed by atoms with van der Waals surface area (Å²) >= 11 is 0. The molecule has 0 saturated heterocycles. The second-order valence-corrected chi connectivity index (χ2v) is 4.04. The van der Waals surface area contributed by atoms with Gasteiger partial charge in [0.15, 0.2) is 12.9 Å². The van der Waals surface area contributed by atoms with Crippen LogP contribution in [0, 0.1) is 6.08 Å². The Morgan fingerprint density at radius 1 is 1.45 bits per heavy atom. The van der Waals surface area contributed by atoms with E-state index < -0.39 is 11.9 Å². The molecule has 1 atom stereocenters. The van der Waals surface area contributed by atoms with Crippen LogP contribution in [0.25, 0.3) is 0 Å². The summed E-state index contributed by atoms with van der Waals surface area (Å²) < 4.78 is 5.12. The van der Waals surface area contributed by atoms with Gasteiger partial charge in [-0.1, -0.05) is 0 Å². The molecule has 0 amide bonds. The number of carboxylic acid groups (broad SMARTS) is 2. The minimum Gasteiger partial charge on any atom is -0.507 e. The van der Waals surface area contributed by atoms with Gasteiger partial charge in [-0.25, -0.2) is 14.6 Å². The molecule has 0 bridgehead atoms. The average molecular weight is 295 g/mol. The number of ether oxygens (including phenoxy) is 1. The number of hydrogen-bond acceptors (Lipinski definition) is 4. The minimum absolute atomic E-state index is 0. The van der Waals surface area contributed by atoms with Crippen molar-refractivity contribution in [1.29, 1.82) is 0 Å². The zero-order valence-electron chi connectivity index (χ0n) is 12.0. The number of quaternary nitrogens is 1. The molecule has 8 heteroatoms. The van der Waals surface area contributed by atoms with E-state index in [-0.39, 0.29) is 53.8 Å². The molecule has 0 aromatic heterocycles. The van der Waals surface area contributed by atoms with Gasteiger partial charge in [0.2, 0.25) is 0 Å². The van der Waals surface area contributed by atoms with Crippen LogP contribution in [0.4, 0.5) is 0 Å². The predicted molar refractivity (Wildman–Crippen MR) is 68.9 cm³/mol. The molecule has 1 unspecified atom stereocenters. The van der Waals surface area contributed by atoms with Crippen LogP contribution in [0.3, 0.4) is 0 Å². The zero-order valence-corrected chi connectivity index (χ0v) is 14.0. The first-order valence-electron chi connectivity index (χ1n) is 5.77. The number of carbonyl (C=O) groups is 2. The molecule has 1 aliphatic rings. The van der Waals surface area contributed by atoms with Crippen LogP contribution >= 0.6 is 0 Å². The summed E-state index contributed by atoms with van der Waals surface area (Å²) in [5, 5.41) is 17.1. The number of rotatable bonds is 7. The van der Waals surface area contributed by atoms with Crippen LogP contribution in [-0.4, -0.2) is 72.4 Å². The van der Waals surface area contributed by atoms with E-state index in [0.717, 1.165) is 0 Å². The van der Waals surface area contributed by atoms with Crippen molar-refractivity contribution in [2.75, 3.05) is 39.4 Å². The maximum Gasteiger partial charge on any atom is 1.00 e. The fourth-order valence-electron chi connectivity index (χ4n) is 1.59. The Balaban J connectivity index is 0. The van der Waals surface area contributed by atoms with Crippen molar-refractivity contribution >= 4 is 18.3 Å². The fraction of sp³-hybridized carbons (Fsp3) is 0.583. The largest absolute Gasteiger partial charge is 1.00 e.